The molecule has 0 aliphatic carbocycles. The van der Waals surface area contributed by atoms with Crippen molar-refractivity contribution in [3.8, 4) is 5.75 Å². The number of hydrogen-bond acceptors (Lipinski definition) is 4. The van der Waals surface area contributed by atoms with E-state index in [0.717, 1.165) is 22.4 Å². The van der Waals surface area contributed by atoms with Crippen molar-refractivity contribution in [2.45, 2.75) is 20.0 Å². The number of nitrogens with zero attached hydrogens (tertiary/aromatic N) is 3. The van der Waals surface area contributed by atoms with Crippen molar-refractivity contribution < 1.29 is 9.53 Å². The molecular weight excluding hydrogens is 364 g/mol. The number of anilines is 1. The van der Waals surface area contributed by atoms with Crippen molar-refractivity contribution in [3.05, 3.63) is 52.8 Å². The molecule has 7 heteroatoms. The lowest BCUT2D eigenvalue weighted by molar-refractivity contribution is -0.116. The van der Waals surface area contributed by atoms with Crippen LogP contribution in [0.4, 0.5) is 5.69 Å². The van der Waals surface area contributed by atoms with E-state index in [1.54, 1.807) is 13.2 Å². The maximum Gasteiger partial charge on any atom is 0.244 e. The molecule has 27 heavy (non-hydrogen) atoms. The molecule has 3 aromatic rings. The number of para-hydroxylation sites is 2. The van der Waals surface area contributed by atoms with Gasteiger partial charge in [-0.2, -0.15) is 0 Å². The van der Waals surface area contributed by atoms with Crippen molar-refractivity contribution in [2.24, 2.45) is 0 Å². The summed E-state index contributed by atoms with van der Waals surface area (Å²) in [5.74, 6) is 1.22. The Morgan fingerprint density at radius 3 is 2.74 bits per heavy atom. The molecule has 2 aromatic carbocycles. The highest BCUT2D eigenvalue weighted by Gasteiger charge is 2.16. The first kappa shape index (κ1) is 19.2. The van der Waals surface area contributed by atoms with Gasteiger partial charge in [0, 0.05) is 11.1 Å². The van der Waals surface area contributed by atoms with Crippen LogP contribution in [0.25, 0.3) is 11.0 Å². The predicted molar refractivity (Wildman–Crippen MR) is 108 cm³/mol. The Hall–Kier alpha value is -2.57. The zero-order chi connectivity index (χ0) is 19.6. The van der Waals surface area contributed by atoms with E-state index < -0.39 is 0 Å². The van der Waals surface area contributed by atoms with Crippen molar-refractivity contribution >= 4 is 34.2 Å². The van der Waals surface area contributed by atoms with Gasteiger partial charge in [-0.05, 0) is 44.8 Å². The molecular formula is C20H23ClN4O2. The Bertz CT molecular complexity index is 982. The number of rotatable bonds is 6. The Labute approximate surface area is 163 Å². The third kappa shape index (κ3) is 4.23. The van der Waals surface area contributed by atoms with Gasteiger partial charge in [0.25, 0.3) is 0 Å². The lowest BCUT2D eigenvalue weighted by Crippen LogP contribution is -2.22. The summed E-state index contributed by atoms with van der Waals surface area (Å²) in [5, 5.41) is 3.52. The summed E-state index contributed by atoms with van der Waals surface area (Å²) in [5.41, 5.74) is 3.28. The van der Waals surface area contributed by atoms with Crippen molar-refractivity contribution in [3.63, 3.8) is 0 Å². The fourth-order valence-electron chi connectivity index (χ4n) is 2.97. The van der Waals surface area contributed by atoms with E-state index in [1.807, 2.05) is 60.8 Å². The molecule has 0 unspecified atom stereocenters. The first-order valence-electron chi connectivity index (χ1n) is 8.62. The number of imidazole rings is 1. The van der Waals surface area contributed by atoms with Crippen LogP contribution in [0.5, 0.6) is 5.75 Å². The monoisotopic (exact) mass is 386 g/mol. The second-order valence-corrected chi connectivity index (χ2v) is 7.10. The maximum absolute atomic E-state index is 12.8. The summed E-state index contributed by atoms with van der Waals surface area (Å²) in [6.07, 6.45) is 0. The minimum Gasteiger partial charge on any atom is -0.495 e. The molecule has 0 radical (unpaired) electrons. The van der Waals surface area contributed by atoms with Crippen LogP contribution in [0.3, 0.4) is 0 Å². The molecule has 0 aliphatic heterocycles. The summed E-state index contributed by atoms with van der Waals surface area (Å²) >= 11 is 6.14. The Morgan fingerprint density at radius 2 is 2.04 bits per heavy atom. The summed E-state index contributed by atoms with van der Waals surface area (Å²) in [7, 11) is 5.51. The molecule has 0 saturated heterocycles. The second-order valence-electron chi connectivity index (χ2n) is 6.69. The molecule has 1 aromatic heterocycles. The Kier molecular flexibility index (Phi) is 5.68. The van der Waals surface area contributed by atoms with Gasteiger partial charge in [0.05, 0.1) is 30.4 Å². The number of methoxy groups -OCH3 is 1. The molecule has 0 bridgehead atoms. The van der Waals surface area contributed by atoms with Gasteiger partial charge in [0.15, 0.2) is 0 Å². The molecule has 1 heterocycles. The number of benzene rings is 2. The molecule has 142 valence electrons. The predicted octanol–water partition coefficient (Wildman–Crippen LogP) is 3.71. The average Bonchev–Trinajstić information content (AvgIpc) is 2.94. The second kappa shape index (κ2) is 7.98. The number of nitrogens with one attached hydrogen (secondary N) is 1. The van der Waals surface area contributed by atoms with E-state index in [-0.39, 0.29) is 12.5 Å². The van der Waals surface area contributed by atoms with Crippen LogP contribution in [-0.2, 0) is 17.9 Å². The highest BCUT2D eigenvalue weighted by atomic mass is 35.5. The van der Waals surface area contributed by atoms with Gasteiger partial charge in [-0.25, -0.2) is 4.98 Å². The number of halogens is 1. The molecule has 1 amide bonds. The minimum absolute atomic E-state index is 0.154. The van der Waals surface area contributed by atoms with Crippen LogP contribution in [0.1, 0.15) is 11.4 Å². The molecule has 3 rings (SSSR count). The number of amides is 1. The van der Waals surface area contributed by atoms with Crippen LogP contribution >= 0.6 is 11.6 Å². The van der Waals surface area contributed by atoms with Gasteiger partial charge in [0.2, 0.25) is 5.91 Å². The van der Waals surface area contributed by atoms with E-state index in [4.69, 9.17) is 16.3 Å². The normalized spacial score (nSPS) is 11.2. The van der Waals surface area contributed by atoms with Gasteiger partial charge in [-0.1, -0.05) is 23.7 Å². The number of carbonyl (C=O) groups excluding carboxylic acids is 1. The fourth-order valence-corrected chi connectivity index (χ4v) is 3.12. The Balaban J connectivity index is 1.89. The highest BCUT2D eigenvalue weighted by molar-refractivity contribution is 6.31. The smallest absolute Gasteiger partial charge is 0.244 e. The molecule has 0 atom stereocenters. The maximum atomic E-state index is 12.8. The van der Waals surface area contributed by atoms with E-state index >= 15 is 0 Å². The molecule has 0 aliphatic rings. The standard InChI is InChI=1S/C20H23ClN4O2/c1-13-9-16(18(27-4)10-14(13)21)23-20(26)12-25-17-8-6-5-7-15(17)22-19(25)11-24(2)3/h5-10H,11-12H2,1-4H3,(H,23,26). The zero-order valence-electron chi connectivity index (χ0n) is 15.9. The molecule has 6 nitrogen and oxygen atoms in total. The van der Waals surface area contributed by atoms with Crippen molar-refractivity contribution in [1.82, 2.24) is 14.5 Å². The lowest BCUT2D eigenvalue weighted by atomic mass is 10.2. The minimum atomic E-state index is -0.154. The zero-order valence-corrected chi connectivity index (χ0v) is 16.7. The first-order valence-corrected chi connectivity index (χ1v) is 8.99. The first-order chi connectivity index (χ1) is 12.9. The van der Waals surface area contributed by atoms with E-state index in [1.165, 1.54) is 0 Å². The van der Waals surface area contributed by atoms with Gasteiger partial charge < -0.3 is 19.5 Å². The van der Waals surface area contributed by atoms with Crippen LogP contribution in [0.2, 0.25) is 5.02 Å². The van der Waals surface area contributed by atoms with E-state index in [2.05, 4.69) is 10.3 Å². The van der Waals surface area contributed by atoms with Gasteiger partial charge >= 0.3 is 0 Å². The summed E-state index contributed by atoms with van der Waals surface area (Å²) < 4.78 is 7.28. The van der Waals surface area contributed by atoms with Crippen LogP contribution in [-0.4, -0.2) is 41.6 Å². The van der Waals surface area contributed by atoms with Gasteiger partial charge in [0.1, 0.15) is 18.1 Å². The van der Waals surface area contributed by atoms with Crippen molar-refractivity contribution in [1.29, 1.82) is 0 Å². The van der Waals surface area contributed by atoms with Crippen LogP contribution in [0.15, 0.2) is 36.4 Å². The number of carbonyl (C=O) groups is 1. The SMILES string of the molecule is COc1cc(Cl)c(C)cc1NC(=O)Cn1c(CN(C)C)nc2ccccc21. The van der Waals surface area contributed by atoms with E-state index in [9.17, 15) is 4.79 Å². The average molecular weight is 387 g/mol. The van der Waals surface area contributed by atoms with Crippen LogP contribution in [0, 0.1) is 6.92 Å². The Morgan fingerprint density at radius 1 is 1.30 bits per heavy atom. The number of ether oxygens (including phenoxy) is 1. The van der Waals surface area contributed by atoms with Gasteiger partial charge in [-0.3, -0.25) is 4.79 Å². The fraction of sp³-hybridized carbons (Fsp3) is 0.300. The largest absolute Gasteiger partial charge is 0.495 e. The summed E-state index contributed by atoms with van der Waals surface area (Å²) in [6, 6.07) is 11.3. The number of aromatic nitrogens is 2. The molecule has 0 spiro atoms. The third-order valence-corrected chi connectivity index (χ3v) is 4.66. The molecule has 1 N–H and O–H groups in total. The number of hydrogen-bond donors (Lipinski definition) is 1. The number of fused-ring (bicyclic) bond motifs is 1. The highest BCUT2D eigenvalue weighted by Crippen LogP contribution is 2.31. The van der Waals surface area contributed by atoms with E-state index in [0.29, 0.717) is 23.0 Å². The molecule has 0 saturated carbocycles. The number of aryl methyl sites for hydroxylation is 1. The quantitative estimate of drug-likeness (QED) is 0.701. The third-order valence-electron chi connectivity index (χ3n) is 4.25. The topological polar surface area (TPSA) is 59.4 Å². The van der Waals surface area contributed by atoms with Crippen LogP contribution < -0.4 is 10.1 Å². The lowest BCUT2D eigenvalue weighted by Gasteiger charge is -2.15. The summed E-state index contributed by atoms with van der Waals surface area (Å²) in [6.45, 7) is 2.69. The van der Waals surface area contributed by atoms with Crippen molar-refractivity contribution in [2.75, 3.05) is 26.5 Å². The molecule has 0 fully saturated rings. The van der Waals surface area contributed by atoms with Gasteiger partial charge in [-0.15, -0.1) is 0 Å². The summed E-state index contributed by atoms with van der Waals surface area (Å²) in [4.78, 5) is 19.5.